The molecule has 0 saturated heterocycles. The molecular formula is C14H28N2. The lowest BCUT2D eigenvalue weighted by atomic mass is 9.69. The topological polar surface area (TPSA) is 35.8 Å². The zero-order valence-corrected chi connectivity index (χ0v) is 12.0. The maximum absolute atomic E-state index is 9.00. The second-order valence-electron chi connectivity index (χ2n) is 6.74. The molecule has 16 heavy (non-hydrogen) atoms. The molecule has 0 aromatic rings. The molecule has 0 spiro atoms. The largest absolute Gasteiger partial charge is 0.315 e. The molecule has 1 unspecified atom stereocenters. The van der Waals surface area contributed by atoms with Crippen LogP contribution in [-0.4, -0.2) is 13.1 Å². The van der Waals surface area contributed by atoms with Crippen LogP contribution in [0.5, 0.6) is 0 Å². The minimum atomic E-state index is 0.121. The summed E-state index contributed by atoms with van der Waals surface area (Å²) in [5.74, 6) is 0.547. The van der Waals surface area contributed by atoms with Crippen molar-refractivity contribution in [3.8, 4) is 6.07 Å². The first-order chi connectivity index (χ1) is 7.12. The smallest absolute Gasteiger partial charge is 0.0671 e. The summed E-state index contributed by atoms with van der Waals surface area (Å²) in [5.41, 5.74) is 0.518. The maximum atomic E-state index is 9.00. The summed E-state index contributed by atoms with van der Waals surface area (Å²) in [5, 5.41) is 12.4. The van der Waals surface area contributed by atoms with Gasteiger partial charge in [0.1, 0.15) is 0 Å². The van der Waals surface area contributed by atoms with E-state index >= 15 is 0 Å². The van der Waals surface area contributed by atoms with Gasteiger partial charge in [-0.05, 0) is 16.7 Å². The molecule has 0 aliphatic rings. The van der Waals surface area contributed by atoms with Gasteiger partial charge in [0, 0.05) is 13.1 Å². The van der Waals surface area contributed by atoms with Crippen LogP contribution in [0.3, 0.4) is 0 Å². The van der Waals surface area contributed by atoms with Crippen molar-refractivity contribution in [1.82, 2.24) is 5.32 Å². The van der Waals surface area contributed by atoms with Crippen molar-refractivity contribution in [1.29, 1.82) is 5.26 Å². The Bertz CT molecular complexity index is 240. The van der Waals surface area contributed by atoms with Crippen LogP contribution in [0.1, 0.15) is 48.5 Å². The molecule has 94 valence electrons. The monoisotopic (exact) mass is 224 g/mol. The summed E-state index contributed by atoms with van der Waals surface area (Å²) in [6, 6.07) is 2.36. The van der Waals surface area contributed by atoms with Crippen molar-refractivity contribution in [3.05, 3.63) is 0 Å². The number of nitrogens with zero attached hydrogens (tertiary/aromatic N) is 1. The first-order valence-electron chi connectivity index (χ1n) is 6.22. The Morgan fingerprint density at radius 3 is 1.94 bits per heavy atom. The van der Waals surface area contributed by atoms with Crippen LogP contribution >= 0.6 is 0 Å². The van der Waals surface area contributed by atoms with Gasteiger partial charge in [0.05, 0.1) is 12.0 Å². The van der Waals surface area contributed by atoms with Crippen LogP contribution in [0, 0.1) is 34.0 Å². The Morgan fingerprint density at radius 2 is 1.62 bits per heavy atom. The van der Waals surface area contributed by atoms with Crippen molar-refractivity contribution in [3.63, 3.8) is 0 Å². The molecule has 0 saturated carbocycles. The van der Waals surface area contributed by atoms with Crippen LogP contribution in [0.25, 0.3) is 0 Å². The minimum Gasteiger partial charge on any atom is -0.315 e. The summed E-state index contributed by atoms with van der Waals surface area (Å²) >= 11 is 0. The molecule has 1 N–H and O–H groups in total. The van der Waals surface area contributed by atoms with Crippen molar-refractivity contribution in [2.45, 2.75) is 48.5 Å². The third-order valence-electron chi connectivity index (χ3n) is 3.93. The number of nitriles is 1. The number of nitrogens with one attached hydrogen (secondary N) is 1. The molecule has 0 aliphatic heterocycles. The van der Waals surface area contributed by atoms with Crippen LogP contribution in [0.15, 0.2) is 0 Å². The van der Waals surface area contributed by atoms with Crippen LogP contribution in [-0.2, 0) is 0 Å². The Balaban J connectivity index is 4.14. The van der Waals surface area contributed by atoms with Gasteiger partial charge in [-0.25, -0.2) is 0 Å². The van der Waals surface area contributed by atoms with Crippen LogP contribution < -0.4 is 5.32 Å². The third kappa shape index (κ3) is 4.53. The molecule has 0 heterocycles. The number of hydrogen-bond acceptors (Lipinski definition) is 2. The van der Waals surface area contributed by atoms with Crippen molar-refractivity contribution in [2.24, 2.45) is 22.7 Å². The highest BCUT2D eigenvalue weighted by molar-refractivity contribution is 4.89. The van der Waals surface area contributed by atoms with E-state index in [0.717, 1.165) is 13.1 Å². The number of rotatable bonds is 5. The quantitative estimate of drug-likeness (QED) is 0.776. The molecule has 0 fully saturated rings. The second kappa shape index (κ2) is 5.68. The first kappa shape index (κ1) is 15.4. The van der Waals surface area contributed by atoms with Gasteiger partial charge in [-0.15, -0.1) is 0 Å². The van der Waals surface area contributed by atoms with Crippen LogP contribution in [0.2, 0.25) is 0 Å². The molecule has 0 amide bonds. The average molecular weight is 224 g/mol. The van der Waals surface area contributed by atoms with Gasteiger partial charge in [-0.2, -0.15) is 5.26 Å². The molecule has 0 aromatic carbocycles. The predicted molar refractivity (Wildman–Crippen MR) is 70.0 cm³/mol. The fourth-order valence-corrected chi connectivity index (χ4v) is 1.24. The molecule has 0 rings (SSSR count). The summed E-state index contributed by atoms with van der Waals surface area (Å²) in [4.78, 5) is 0. The predicted octanol–water partition coefficient (Wildman–Crippen LogP) is 3.44. The summed E-state index contributed by atoms with van der Waals surface area (Å²) in [6.45, 7) is 17.3. The summed E-state index contributed by atoms with van der Waals surface area (Å²) in [7, 11) is 0. The maximum Gasteiger partial charge on any atom is 0.0671 e. The lowest BCUT2D eigenvalue weighted by Gasteiger charge is -2.39. The van der Waals surface area contributed by atoms with E-state index in [2.05, 4.69) is 59.9 Å². The minimum absolute atomic E-state index is 0.121. The fraction of sp³-hybridized carbons (Fsp3) is 0.929. The lowest BCUT2D eigenvalue weighted by molar-refractivity contribution is 0.127. The highest BCUT2D eigenvalue weighted by Gasteiger charge is 2.32. The van der Waals surface area contributed by atoms with E-state index < -0.39 is 0 Å². The van der Waals surface area contributed by atoms with Crippen molar-refractivity contribution < 1.29 is 0 Å². The molecule has 1 atom stereocenters. The highest BCUT2D eigenvalue weighted by atomic mass is 14.9. The van der Waals surface area contributed by atoms with Gasteiger partial charge in [0.25, 0.3) is 0 Å². The normalized spacial score (nSPS) is 14.9. The van der Waals surface area contributed by atoms with Crippen LogP contribution in [0.4, 0.5) is 0 Å². The lowest BCUT2D eigenvalue weighted by Crippen LogP contribution is -2.41. The molecule has 0 radical (unpaired) electrons. The van der Waals surface area contributed by atoms with Crippen molar-refractivity contribution in [2.75, 3.05) is 13.1 Å². The van der Waals surface area contributed by atoms with Crippen molar-refractivity contribution >= 4 is 0 Å². The van der Waals surface area contributed by atoms with Gasteiger partial charge < -0.3 is 5.32 Å². The van der Waals surface area contributed by atoms with E-state index in [1.165, 1.54) is 0 Å². The SMILES string of the molecule is CC(C)C(C#N)CNCC(C)(C)C(C)(C)C. The Kier molecular flexibility index (Phi) is 5.49. The van der Waals surface area contributed by atoms with Gasteiger partial charge in [-0.1, -0.05) is 48.5 Å². The summed E-state index contributed by atoms with van der Waals surface area (Å²) in [6.07, 6.45) is 0. The molecule has 2 heteroatoms. The number of hydrogen-bond donors (Lipinski definition) is 1. The van der Waals surface area contributed by atoms with E-state index in [1.807, 2.05) is 0 Å². The molecule has 0 bridgehead atoms. The Hall–Kier alpha value is -0.550. The standard InChI is InChI=1S/C14H28N2/c1-11(2)12(8-15)9-16-10-14(6,7)13(3,4)5/h11-12,16H,9-10H2,1-7H3. The van der Waals surface area contributed by atoms with Gasteiger partial charge in [-0.3, -0.25) is 0 Å². The van der Waals surface area contributed by atoms with Gasteiger partial charge in [0.2, 0.25) is 0 Å². The van der Waals surface area contributed by atoms with E-state index in [0.29, 0.717) is 5.92 Å². The van der Waals surface area contributed by atoms with Gasteiger partial charge in [0.15, 0.2) is 0 Å². The zero-order chi connectivity index (χ0) is 13.0. The summed E-state index contributed by atoms with van der Waals surface area (Å²) < 4.78 is 0. The zero-order valence-electron chi connectivity index (χ0n) is 12.0. The molecular weight excluding hydrogens is 196 g/mol. The first-order valence-corrected chi connectivity index (χ1v) is 6.22. The molecule has 2 nitrogen and oxygen atoms in total. The molecule has 0 aliphatic carbocycles. The highest BCUT2D eigenvalue weighted by Crippen LogP contribution is 2.36. The average Bonchev–Trinajstić information content (AvgIpc) is 2.09. The second-order valence-corrected chi connectivity index (χ2v) is 6.74. The third-order valence-corrected chi connectivity index (χ3v) is 3.93. The van der Waals surface area contributed by atoms with E-state index in [1.54, 1.807) is 0 Å². The van der Waals surface area contributed by atoms with E-state index in [4.69, 9.17) is 5.26 Å². The fourth-order valence-electron chi connectivity index (χ4n) is 1.24. The Labute approximate surface area is 101 Å². The van der Waals surface area contributed by atoms with E-state index in [9.17, 15) is 0 Å². The molecule has 0 aromatic heterocycles. The Morgan fingerprint density at radius 1 is 1.12 bits per heavy atom. The van der Waals surface area contributed by atoms with Gasteiger partial charge >= 0.3 is 0 Å². The van der Waals surface area contributed by atoms with E-state index in [-0.39, 0.29) is 16.7 Å².